The normalized spacial score (nSPS) is 19.2. The van der Waals surface area contributed by atoms with Crippen LogP contribution in [0, 0.1) is 0 Å². The van der Waals surface area contributed by atoms with Crippen molar-refractivity contribution in [2.75, 3.05) is 18.6 Å². The van der Waals surface area contributed by atoms with Gasteiger partial charge in [-0.2, -0.15) is 4.58 Å². The van der Waals surface area contributed by atoms with Gasteiger partial charge in [0.15, 0.2) is 15.5 Å². The van der Waals surface area contributed by atoms with Crippen LogP contribution in [-0.2, 0) is 27.2 Å². The fraction of sp³-hybridized carbons (Fsp3) is 0.345. The summed E-state index contributed by atoms with van der Waals surface area (Å²) in [4.78, 5) is 0.348. The van der Waals surface area contributed by atoms with E-state index >= 15 is 0 Å². The average Bonchev–Trinajstić information content (AvgIpc) is 3.13. The number of hydrogen-bond acceptors (Lipinski definition) is 4. The molecule has 0 radical (unpaired) electrons. The number of benzene rings is 2. The molecule has 35 heavy (non-hydrogen) atoms. The third-order valence-electron chi connectivity index (χ3n) is 7.11. The number of nitrogens with two attached hydrogens (primary N) is 1. The second-order valence-electron chi connectivity index (χ2n) is 10.2. The minimum Gasteiger partial charge on any atom is -0.358 e. The maximum absolute atomic E-state index is 12.0. The molecule has 0 saturated carbocycles. The van der Waals surface area contributed by atoms with Gasteiger partial charge in [-0.15, -0.1) is 0 Å². The summed E-state index contributed by atoms with van der Waals surface area (Å²) in [5, 5.41) is 3.45. The third-order valence-corrected chi connectivity index (χ3v) is 8.22. The fourth-order valence-electron chi connectivity index (χ4n) is 4.95. The van der Waals surface area contributed by atoms with Gasteiger partial charge in [-0.1, -0.05) is 45.6 Å². The number of fused-ring (bicyclic) bond motifs is 2. The molecule has 0 fully saturated rings. The Balaban J connectivity index is 0.00000342. The standard InChI is InChI=1S/C28H33N3O2S.CH4/c1-27(2)21-17-20(34(6,32)33)13-14-23(21)30-25(27)10-8-7-9-11-26-28(3,4)22-16-19(18-29)12-15-24(22)31(26)5;/h7-17H,18,29H2,1-6H3;1H4/p+1. The van der Waals surface area contributed by atoms with E-state index in [1.54, 1.807) is 12.1 Å². The number of hydrogen-bond donors (Lipinski definition) is 2. The van der Waals surface area contributed by atoms with E-state index in [-0.39, 0.29) is 18.3 Å². The molecule has 0 aromatic heterocycles. The van der Waals surface area contributed by atoms with Crippen molar-refractivity contribution in [2.24, 2.45) is 5.73 Å². The Bertz CT molecular complexity index is 1390. The third kappa shape index (κ3) is 4.65. The number of rotatable bonds is 5. The molecule has 0 saturated heterocycles. The van der Waals surface area contributed by atoms with E-state index in [1.807, 2.05) is 18.2 Å². The molecule has 0 unspecified atom stereocenters. The van der Waals surface area contributed by atoms with E-state index in [9.17, 15) is 8.42 Å². The van der Waals surface area contributed by atoms with Gasteiger partial charge in [0, 0.05) is 47.3 Å². The Hall–Kier alpha value is -2.96. The summed E-state index contributed by atoms with van der Waals surface area (Å²) >= 11 is 0. The van der Waals surface area contributed by atoms with Crippen LogP contribution in [-0.4, -0.2) is 32.0 Å². The first kappa shape index (κ1) is 26.6. The van der Waals surface area contributed by atoms with Crippen LogP contribution >= 0.6 is 0 Å². The summed E-state index contributed by atoms with van der Waals surface area (Å²) in [6.45, 7) is 9.24. The smallest absolute Gasteiger partial charge is 0.209 e. The van der Waals surface area contributed by atoms with Gasteiger partial charge in [0.1, 0.15) is 7.05 Å². The summed E-state index contributed by atoms with van der Waals surface area (Å²) in [6, 6.07) is 11.8. The van der Waals surface area contributed by atoms with E-state index in [2.05, 4.69) is 81.1 Å². The Morgan fingerprint density at radius 3 is 2.34 bits per heavy atom. The summed E-state index contributed by atoms with van der Waals surface area (Å²) in [5.74, 6) is 0. The molecule has 2 aromatic rings. The summed E-state index contributed by atoms with van der Waals surface area (Å²) < 4.78 is 26.2. The van der Waals surface area contributed by atoms with Crippen LogP contribution in [0.4, 0.5) is 11.4 Å². The van der Waals surface area contributed by atoms with Crippen molar-refractivity contribution in [2.45, 2.75) is 57.4 Å². The van der Waals surface area contributed by atoms with Crippen molar-refractivity contribution in [3.63, 3.8) is 0 Å². The van der Waals surface area contributed by atoms with E-state index in [1.165, 1.54) is 23.2 Å². The quantitative estimate of drug-likeness (QED) is 0.421. The lowest BCUT2D eigenvalue weighted by Crippen LogP contribution is -2.26. The molecule has 0 aliphatic carbocycles. The molecule has 2 aliphatic rings. The fourth-order valence-corrected chi connectivity index (χ4v) is 5.60. The SMILES string of the molecule is C.C[N+]1=C(/C=C/C=C/C=C2/Nc3ccc(S(C)(=O)=O)cc3C2(C)C)C(C)(C)c2cc(CN)ccc21. The van der Waals surface area contributed by atoms with Gasteiger partial charge in [-0.25, -0.2) is 8.42 Å². The molecule has 2 heterocycles. The molecule has 3 N–H and O–H groups in total. The monoisotopic (exact) mass is 492 g/mol. The van der Waals surface area contributed by atoms with E-state index in [4.69, 9.17) is 5.73 Å². The zero-order valence-electron chi connectivity index (χ0n) is 20.8. The van der Waals surface area contributed by atoms with Crippen molar-refractivity contribution in [1.29, 1.82) is 0 Å². The predicted octanol–water partition coefficient (Wildman–Crippen LogP) is 5.59. The lowest BCUT2D eigenvalue weighted by molar-refractivity contribution is -0.401. The van der Waals surface area contributed by atoms with Crippen LogP contribution < -0.4 is 11.1 Å². The van der Waals surface area contributed by atoms with Gasteiger partial charge in [0.25, 0.3) is 0 Å². The molecule has 186 valence electrons. The molecule has 0 bridgehead atoms. The van der Waals surface area contributed by atoms with Crippen LogP contribution in [0.25, 0.3) is 0 Å². The molecule has 0 spiro atoms. The Labute approximate surface area is 210 Å². The van der Waals surface area contributed by atoms with Gasteiger partial charge < -0.3 is 11.1 Å². The zero-order chi connectivity index (χ0) is 24.9. The molecule has 6 heteroatoms. The van der Waals surface area contributed by atoms with Gasteiger partial charge in [0.2, 0.25) is 5.69 Å². The number of sulfone groups is 1. The van der Waals surface area contributed by atoms with Crippen molar-refractivity contribution in [3.05, 3.63) is 89.2 Å². The van der Waals surface area contributed by atoms with Crippen molar-refractivity contribution in [1.82, 2.24) is 0 Å². The van der Waals surface area contributed by atoms with E-state index < -0.39 is 9.84 Å². The van der Waals surface area contributed by atoms with Gasteiger partial charge >= 0.3 is 0 Å². The highest BCUT2D eigenvalue weighted by Gasteiger charge is 2.42. The molecule has 2 aromatic carbocycles. The molecular weight excluding hydrogens is 454 g/mol. The van der Waals surface area contributed by atoms with Gasteiger partial charge in [-0.3, -0.25) is 0 Å². The highest BCUT2D eigenvalue weighted by Crippen LogP contribution is 2.44. The number of allylic oxidation sites excluding steroid dienone is 6. The maximum atomic E-state index is 12.0. The van der Waals surface area contributed by atoms with Crippen molar-refractivity contribution >= 4 is 26.9 Å². The highest BCUT2D eigenvalue weighted by atomic mass is 32.2. The van der Waals surface area contributed by atoms with Crippen molar-refractivity contribution in [3.8, 4) is 0 Å². The summed E-state index contributed by atoms with van der Waals surface area (Å²) in [7, 11) is -1.14. The first-order valence-corrected chi connectivity index (χ1v) is 13.4. The van der Waals surface area contributed by atoms with Crippen molar-refractivity contribution < 1.29 is 13.0 Å². The lowest BCUT2D eigenvalue weighted by Gasteiger charge is -2.20. The predicted molar refractivity (Wildman–Crippen MR) is 148 cm³/mol. The Morgan fingerprint density at radius 1 is 0.971 bits per heavy atom. The largest absolute Gasteiger partial charge is 0.358 e. The molecule has 0 amide bonds. The number of nitrogens with one attached hydrogen (secondary N) is 1. The van der Waals surface area contributed by atoms with E-state index in [0.29, 0.717) is 11.4 Å². The summed E-state index contributed by atoms with van der Waals surface area (Å²) in [5.41, 5.74) is 13.3. The number of anilines is 1. The minimum atomic E-state index is -3.25. The van der Waals surface area contributed by atoms with E-state index in [0.717, 1.165) is 22.5 Å². The first-order chi connectivity index (χ1) is 15.9. The minimum absolute atomic E-state index is 0. The second kappa shape index (κ2) is 9.25. The van der Waals surface area contributed by atoms with Crippen LogP contribution in [0.5, 0.6) is 0 Å². The first-order valence-electron chi connectivity index (χ1n) is 11.5. The second-order valence-corrected chi connectivity index (χ2v) is 12.2. The number of nitrogens with zero attached hydrogens (tertiary/aromatic N) is 1. The van der Waals surface area contributed by atoms with Crippen LogP contribution in [0.1, 0.15) is 51.8 Å². The molecule has 4 rings (SSSR count). The molecule has 2 aliphatic heterocycles. The molecule has 5 nitrogen and oxygen atoms in total. The molecular formula is C29H38N3O2S+. The highest BCUT2D eigenvalue weighted by molar-refractivity contribution is 7.90. The Kier molecular flexibility index (Phi) is 7.04. The average molecular weight is 493 g/mol. The van der Waals surface area contributed by atoms with Crippen LogP contribution in [0.2, 0.25) is 0 Å². The van der Waals surface area contributed by atoms with Crippen LogP contribution in [0.15, 0.2) is 77.4 Å². The zero-order valence-corrected chi connectivity index (χ0v) is 21.6. The lowest BCUT2D eigenvalue weighted by atomic mass is 9.81. The van der Waals surface area contributed by atoms with Gasteiger partial charge in [0.05, 0.1) is 10.3 Å². The maximum Gasteiger partial charge on any atom is 0.209 e. The molecule has 0 atom stereocenters. The Morgan fingerprint density at radius 2 is 1.69 bits per heavy atom. The van der Waals surface area contributed by atoms with Gasteiger partial charge in [-0.05, 0) is 55.3 Å². The van der Waals surface area contributed by atoms with Crippen LogP contribution in [0.3, 0.4) is 0 Å². The summed E-state index contributed by atoms with van der Waals surface area (Å²) in [6.07, 6.45) is 11.6. The topological polar surface area (TPSA) is 75.2 Å².